The summed E-state index contributed by atoms with van der Waals surface area (Å²) in [5, 5.41) is 0.418. The average molecular weight is 355 g/mol. The minimum Gasteiger partial charge on any atom is -0.454 e. The highest BCUT2D eigenvalue weighted by Gasteiger charge is 2.31. The second-order valence-electron chi connectivity index (χ2n) is 6.24. The summed E-state index contributed by atoms with van der Waals surface area (Å²) in [6.45, 7) is 3.30. The number of hydrogen-bond donors (Lipinski definition) is 0. The molecule has 1 aromatic rings. The third-order valence-electron chi connectivity index (χ3n) is 4.51. The number of likely N-dealkylation sites (tertiary alicyclic amines) is 1. The van der Waals surface area contributed by atoms with E-state index in [0.717, 1.165) is 32.5 Å². The lowest BCUT2D eigenvalue weighted by atomic mass is 10.1. The molecule has 0 aromatic heterocycles. The van der Waals surface area contributed by atoms with Gasteiger partial charge in [0.15, 0.2) is 11.5 Å². The number of halogens is 1. The van der Waals surface area contributed by atoms with E-state index in [1.807, 2.05) is 4.90 Å². The number of methoxy groups -OCH3 is 1. The molecule has 2 aliphatic heterocycles. The molecule has 1 saturated heterocycles. The monoisotopic (exact) mass is 354 g/mol. The van der Waals surface area contributed by atoms with Gasteiger partial charge >= 0.3 is 0 Å². The van der Waals surface area contributed by atoms with Crippen LogP contribution in [0.25, 0.3) is 0 Å². The Morgan fingerprint density at radius 1 is 1.46 bits per heavy atom. The summed E-state index contributed by atoms with van der Waals surface area (Å²) in [6.07, 6.45) is 2.04. The highest BCUT2D eigenvalue weighted by atomic mass is 35.5. The van der Waals surface area contributed by atoms with Crippen molar-refractivity contribution in [1.82, 2.24) is 9.80 Å². The number of fused-ring (bicyclic) bond motifs is 1. The van der Waals surface area contributed by atoms with Crippen LogP contribution in [0.5, 0.6) is 11.5 Å². The van der Waals surface area contributed by atoms with Crippen molar-refractivity contribution in [3.05, 3.63) is 22.7 Å². The SMILES string of the molecule is COCCN(C)C[C@H]1CCCN1C(=O)c1cc(Cl)c2c(c1)OCO2. The van der Waals surface area contributed by atoms with E-state index in [2.05, 4.69) is 11.9 Å². The van der Waals surface area contributed by atoms with E-state index in [1.165, 1.54) is 0 Å². The summed E-state index contributed by atoms with van der Waals surface area (Å²) in [5.41, 5.74) is 0.552. The van der Waals surface area contributed by atoms with Crippen molar-refractivity contribution in [2.75, 3.05) is 47.2 Å². The maximum absolute atomic E-state index is 12.9. The van der Waals surface area contributed by atoms with E-state index in [0.29, 0.717) is 28.7 Å². The molecule has 7 heteroatoms. The Bertz CT molecular complexity index is 610. The Labute approximate surface area is 147 Å². The summed E-state index contributed by atoms with van der Waals surface area (Å²) < 4.78 is 15.8. The fraction of sp³-hybridized carbons (Fsp3) is 0.588. The first-order valence-corrected chi connectivity index (χ1v) is 8.55. The largest absolute Gasteiger partial charge is 0.454 e. The lowest BCUT2D eigenvalue weighted by Gasteiger charge is -2.29. The highest BCUT2D eigenvalue weighted by molar-refractivity contribution is 6.32. The van der Waals surface area contributed by atoms with E-state index in [9.17, 15) is 4.79 Å². The number of carbonyl (C=O) groups excluding carboxylic acids is 1. The van der Waals surface area contributed by atoms with Crippen molar-refractivity contribution in [3.8, 4) is 11.5 Å². The van der Waals surface area contributed by atoms with Crippen molar-refractivity contribution >= 4 is 17.5 Å². The second-order valence-corrected chi connectivity index (χ2v) is 6.65. The molecule has 1 atom stereocenters. The summed E-state index contributed by atoms with van der Waals surface area (Å²) >= 11 is 6.21. The van der Waals surface area contributed by atoms with E-state index in [1.54, 1.807) is 19.2 Å². The smallest absolute Gasteiger partial charge is 0.254 e. The van der Waals surface area contributed by atoms with E-state index >= 15 is 0 Å². The molecule has 24 heavy (non-hydrogen) atoms. The van der Waals surface area contributed by atoms with Gasteiger partial charge < -0.3 is 24.0 Å². The molecule has 6 nitrogen and oxygen atoms in total. The predicted octanol–water partition coefficient (Wildman–Crippen LogP) is 2.25. The molecule has 0 aliphatic carbocycles. The molecule has 132 valence electrons. The summed E-state index contributed by atoms with van der Waals surface area (Å²) in [4.78, 5) is 17.1. The molecular weight excluding hydrogens is 332 g/mol. The zero-order valence-corrected chi connectivity index (χ0v) is 14.8. The molecule has 0 unspecified atom stereocenters. The molecule has 1 amide bonds. The first-order chi connectivity index (χ1) is 11.6. The summed E-state index contributed by atoms with van der Waals surface area (Å²) in [7, 11) is 3.75. The molecule has 2 aliphatic rings. The first-order valence-electron chi connectivity index (χ1n) is 8.17. The fourth-order valence-electron chi connectivity index (χ4n) is 3.25. The lowest BCUT2D eigenvalue weighted by Crippen LogP contribution is -2.42. The van der Waals surface area contributed by atoms with Crippen LogP contribution in [0.1, 0.15) is 23.2 Å². The molecule has 2 heterocycles. The van der Waals surface area contributed by atoms with E-state index in [4.69, 9.17) is 25.8 Å². The van der Waals surface area contributed by atoms with Crippen LogP contribution in [0.2, 0.25) is 5.02 Å². The number of hydrogen-bond acceptors (Lipinski definition) is 5. The van der Waals surface area contributed by atoms with Gasteiger partial charge in [-0.15, -0.1) is 0 Å². The summed E-state index contributed by atoms with van der Waals surface area (Å²) in [5.74, 6) is 1.06. The molecule has 0 spiro atoms. The van der Waals surface area contributed by atoms with Crippen LogP contribution in [0.4, 0.5) is 0 Å². The van der Waals surface area contributed by atoms with Crippen LogP contribution in [-0.4, -0.2) is 68.9 Å². The quantitative estimate of drug-likeness (QED) is 0.784. The fourth-order valence-corrected chi connectivity index (χ4v) is 3.51. The molecule has 0 N–H and O–H groups in total. The minimum atomic E-state index is -0.00200. The van der Waals surface area contributed by atoms with Gasteiger partial charge in [0.2, 0.25) is 6.79 Å². The number of amides is 1. The van der Waals surface area contributed by atoms with Crippen LogP contribution in [0.3, 0.4) is 0 Å². The van der Waals surface area contributed by atoms with Gasteiger partial charge in [-0.3, -0.25) is 4.79 Å². The molecule has 0 bridgehead atoms. The van der Waals surface area contributed by atoms with Crippen LogP contribution in [0.15, 0.2) is 12.1 Å². The van der Waals surface area contributed by atoms with Gasteiger partial charge in [0, 0.05) is 38.3 Å². The summed E-state index contributed by atoms with van der Waals surface area (Å²) in [6, 6.07) is 3.60. The topological polar surface area (TPSA) is 51.2 Å². The molecule has 0 saturated carbocycles. The van der Waals surface area contributed by atoms with Gasteiger partial charge in [-0.2, -0.15) is 0 Å². The Kier molecular flexibility index (Phi) is 5.48. The zero-order chi connectivity index (χ0) is 17.1. The van der Waals surface area contributed by atoms with E-state index < -0.39 is 0 Å². The predicted molar refractivity (Wildman–Crippen MR) is 91.0 cm³/mol. The van der Waals surface area contributed by atoms with Gasteiger partial charge in [-0.05, 0) is 32.0 Å². The van der Waals surface area contributed by atoms with Gasteiger partial charge in [0.25, 0.3) is 5.91 Å². The second kappa shape index (κ2) is 7.59. The maximum Gasteiger partial charge on any atom is 0.254 e. The van der Waals surface area contributed by atoms with Crippen molar-refractivity contribution in [1.29, 1.82) is 0 Å². The highest BCUT2D eigenvalue weighted by Crippen LogP contribution is 2.40. The van der Waals surface area contributed by atoms with E-state index in [-0.39, 0.29) is 18.7 Å². The van der Waals surface area contributed by atoms with Gasteiger partial charge in [-0.25, -0.2) is 0 Å². The number of benzene rings is 1. The van der Waals surface area contributed by atoms with Gasteiger partial charge in [0.1, 0.15) is 0 Å². The molecule has 3 rings (SSSR count). The van der Waals surface area contributed by atoms with Crippen molar-refractivity contribution in [2.45, 2.75) is 18.9 Å². The van der Waals surface area contributed by atoms with Crippen LogP contribution < -0.4 is 9.47 Å². The Morgan fingerprint density at radius 2 is 2.29 bits per heavy atom. The number of rotatable bonds is 6. The Balaban J connectivity index is 1.71. The Hall–Kier alpha value is -1.50. The number of likely N-dealkylation sites (N-methyl/N-ethyl adjacent to an activating group) is 1. The standard InChI is InChI=1S/C17H23ClN2O4/c1-19(6-7-22-2)10-13-4-3-5-20(13)17(21)12-8-14(18)16-15(9-12)23-11-24-16/h8-9,13H,3-7,10-11H2,1-2H3/t13-/m1/s1. The number of nitrogens with zero attached hydrogens (tertiary/aromatic N) is 2. The lowest BCUT2D eigenvalue weighted by molar-refractivity contribution is 0.0697. The third-order valence-corrected chi connectivity index (χ3v) is 4.79. The average Bonchev–Trinajstić information content (AvgIpc) is 3.21. The van der Waals surface area contributed by atoms with Crippen LogP contribution in [-0.2, 0) is 4.74 Å². The van der Waals surface area contributed by atoms with Crippen LogP contribution in [0, 0.1) is 0 Å². The van der Waals surface area contributed by atoms with Crippen LogP contribution >= 0.6 is 11.6 Å². The van der Waals surface area contributed by atoms with Crippen molar-refractivity contribution in [2.24, 2.45) is 0 Å². The number of ether oxygens (including phenoxy) is 3. The van der Waals surface area contributed by atoms with Crippen molar-refractivity contribution < 1.29 is 19.0 Å². The zero-order valence-electron chi connectivity index (χ0n) is 14.1. The molecular formula is C17H23ClN2O4. The Morgan fingerprint density at radius 3 is 3.08 bits per heavy atom. The maximum atomic E-state index is 12.9. The van der Waals surface area contributed by atoms with Crippen molar-refractivity contribution in [3.63, 3.8) is 0 Å². The number of carbonyl (C=O) groups is 1. The van der Waals surface area contributed by atoms with Gasteiger partial charge in [0.05, 0.1) is 11.6 Å². The van der Waals surface area contributed by atoms with Gasteiger partial charge in [-0.1, -0.05) is 11.6 Å². The molecule has 1 aromatic carbocycles. The normalized spacial score (nSPS) is 19.3. The molecule has 1 fully saturated rings. The minimum absolute atomic E-state index is 0.00200. The first kappa shape index (κ1) is 17.3. The molecule has 0 radical (unpaired) electrons. The third kappa shape index (κ3) is 3.61.